The molecule has 2 aromatic rings. The summed E-state index contributed by atoms with van der Waals surface area (Å²) in [5, 5.41) is 0. The summed E-state index contributed by atoms with van der Waals surface area (Å²) in [6.07, 6.45) is 2.23. The quantitative estimate of drug-likeness (QED) is 0.829. The number of anilines is 2. The van der Waals surface area contributed by atoms with Crippen molar-refractivity contribution < 1.29 is 4.39 Å². The average Bonchev–Trinajstić information content (AvgIpc) is 2.89. The van der Waals surface area contributed by atoms with Gasteiger partial charge in [-0.15, -0.1) is 0 Å². The molecule has 1 unspecified atom stereocenters. The van der Waals surface area contributed by atoms with E-state index < -0.39 is 0 Å². The van der Waals surface area contributed by atoms with Gasteiger partial charge in [-0.05, 0) is 48.7 Å². The summed E-state index contributed by atoms with van der Waals surface area (Å²) < 4.78 is 13.4. The predicted octanol–water partition coefficient (Wildman–Crippen LogP) is 3.75. The fourth-order valence-electron chi connectivity index (χ4n) is 2.80. The van der Waals surface area contributed by atoms with Crippen molar-refractivity contribution in [1.82, 2.24) is 0 Å². The highest BCUT2D eigenvalue weighted by molar-refractivity contribution is 5.51. The normalized spacial score (nSPS) is 18.8. The van der Waals surface area contributed by atoms with Gasteiger partial charge in [-0.3, -0.25) is 0 Å². The molecule has 0 amide bonds. The van der Waals surface area contributed by atoms with E-state index in [0.717, 1.165) is 30.8 Å². The lowest BCUT2D eigenvalue weighted by Gasteiger charge is -2.27. The molecule has 0 saturated carbocycles. The first-order chi connectivity index (χ1) is 9.24. The third kappa shape index (κ3) is 2.41. The summed E-state index contributed by atoms with van der Waals surface area (Å²) in [5.41, 5.74) is 8.71. The summed E-state index contributed by atoms with van der Waals surface area (Å²) in [5.74, 6) is -0.180. The van der Waals surface area contributed by atoms with E-state index >= 15 is 0 Å². The topological polar surface area (TPSA) is 29.3 Å². The molecule has 98 valence electrons. The minimum absolute atomic E-state index is 0.180. The molecule has 2 N–H and O–H groups in total. The van der Waals surface area contributed by atoms with Gasteiger partial charge in [0.15, 0.2) is 0 Å². The molecule has 1 atom stereocenters. The standard InChI is InChI=1S/C16H17FN2/c17-13-3-1-4-15(11-13)19-10-2-5-16(19)12-6-8-14(18)9-7-12/h1,3-4,6-9,11,16H,2,5,10,18H2. The molecule has 0 bridgehead atoms. The third-order valence-corrected chi connectivity index (χ3v) is 3.71. The summed E-state index contributed by atoms with van der Waals surface area (Å²) in [6.45, 7) is 0.971. The molecule has 2 nitrogen and oxygen atoms in total. The van der Waals surface area contributed by atoms with Crippen LogP contribution < -0.4 is 10.6 Å². The molecule has 0 aromatic heterocycles. The van der Waals surface area contributed by atoms with Gasteiger partial charge in [-0.1, -0.05) is 18.2 Å². The molecule has 1 heterocycles. The summed E-state index contributed by atoms with van der Waals surface area (Å²) in [6, 6.07) is 15.1. The maximum atomic E-state index is 13.4. The molecule has 0 spiro atoms. The van der Waals surface area contributed by atoms with Crippen molar-refractivity contribution in [2.45, 2.75) is 18.9 Å². The zero-order chi connectivity index (χ0) is 13.2. The maximum absolute atomic E-state index is 13.4. The van der Waals surface area contributed by atoms with E-state index in [1.807, 2.05) is 18.2 Å². The minimum Gasteiger partial charge on any atom is -0.399 e. The van der Waals surface area contributed by atoms with E-state index in [0.29, 0.717) is 6.04 Å². The summed E-state index contributed by atoms with van der Waals surface area (Å²) in [7, 11) is 0. The van der Waals surface area contributed by atoms with Crippen molar-refractivity contribution in [3.63, 3.8) is 0 Å². The van der Waals surface area contributed by atoms with Crippen LogP contribution in [0.3, 0.4) is 0 Å². The second kappa shape index (κ2) is 4.92. The smallest absolute Gasteiger partial charge is 0.125 e. The number of halogens is 1. The van der Waals surface area contributed by atoms with Crippen LogP contribution in [0.15, 0.2) is 48.5 Å². The van der Waals surface area contributed by atoms with Crippen molar-refractivity contribution >= 4 is 11.4 Å². The second-order valence-electron chi connectivity index (χ2n) is 5.00. The van der Waals surface area contributed by atoms with Gasteiger partial charge >= 0.3 is 0 Å². The Bertz CT molecular complexity index is 565. The highest BCUT2D eigenvalue weighted by atomic mass is 19.1. The van der Waals surface area contributed by atoms with Crippen molar-refractivity contribution in [2.24, 2.45) is 0 Å². The van der Waals surface area contributed by atoms with Crippen LogP contribution in [0.4, 0.5) is 15.8 Å². The number of benzene rings is 2. The average molecular weight is 256 g/mol. The van der Waals surface area contributed by atoms with Crippen molar-refractivity contribution in [3.05, 3.63) is 59.9 Å². The predicted molar refractivity (Wildman–Crippen MR) is 76.6 cm³/mol. The van der Waals surface area contributed by atoms with Gasteiger partial charge in [0.2, 0.25) is 0 Å². The Morgan fingerprint density at radius 1 is 1.11 bits per heavy atom. The zero-order valence-corrected chi connectivity index (χ0v) is 10.7. The number of rotatable bonds is 2. The van der Waals surface area contributed by atoms with E-state index in [2.05, 4.69) is 17.0 Å². The van der Waals surface area contributed by atoms with Crippen molar-refractivity contribution in [1.29, 1.82) is 0 Å². The Kier molecular flexibility index (Phi) is 3.11. The molecule has 3 rings (SSSR count). The van der Waals surface area contributed by atoms with Gasteiger partial charge in [0, 0.05) is 17.9 Å². The molecule has 0 aliphatic carbocycles. The molecule has 1 aliphatic rings. The van der Waals surface area contributed by atoms with Gasteiger partial charge in [0.25, 0.3) is 0 Å². The number of nitrogen functional groups attached to an aromatic ring is 1. The fraction of sp³-hybridized carbons (Fsp3) is 0.250. The van der Waals surface area contributed by atoms with Crippen LogP contribution in [0.25, 0.3) is 0 Å². The number of hydrogen-bond acceptors (Lipinski definition) is 2. The zero-order valence-electron chi connectivity index (χ0n) is 10.7. The van der Waals surface area contributed by atoms with E-state index in [-0.39, 0.29) is 5.82 Å². The van der Waals surface area contributed by atoms with E-state index in [4.69, 9.17) is 5.73 Å². The SMILES string of the molecule is Nc1ccc(C2CCCN2c2cccc(F)c2)cc1. The number of nitrogens with two attached hydrogens (primary N) is 1. The maximum Gasteiger partial charge on any atom is 0.125 e. The molecule has 1 saturated heterocycles. The molecule has 3 heteroatoms. The lowest BCUT2D eigenvalue weighted by molar-refractivity contribution is 0.625. The van der Waals surface area contributed by atoms with Gasteiger partial charge in [-0.2, -0.15) is 0 Å². The lowest BCUT2D eigenvalue weighted by Crippen LogP contribution is -2.22. The van der Waals surface area contributed by atoms with Gasteiger partial charge in [0.1, 0.15) is 5.82 Å². The van der Waals surface area contributed by atoms with Crippen molar-refractivity contribution in [3.8, 4) is 0 Å². The van der Waals surface area contributed by atoms with Crippen LogP contribution >= 0.6 is 0 Å². The third-order valence-electron chi connectivity index (χ3n) is 3.71. The Hall–Kier alpha value is -2.03. The van der Waals surface area contributed by atoms with E-state index in [9.17, 15) is 4.39 Å². The molecule has 1 fully saturated rings. The van der Waals surface area contributed by atoms with Crippen LogP contribution in [0.5, 0.6) is 0 Å². The highest BCUT2D eigenvalue weighted by Gasteiger charge is 2.26. The molecular formula is C16H17FN2. The molecule has 19 heavy (non-hydrogen) atoms. The monoisotopic (exact) mass is 256 g/mol. The van der Waals surface area contributed by atoms with E-state index in [1.54, 1.807) is 12.1 Å². The van der Waals surface area contributed by atoms with Crippen LogP contribution in [0, 0.1) is 5.82 Å². The van der Waals surface area contributed by atoms with Crippen molar-refractivity contribution in [2.75, 3.05) is 17.2 Å². The Labute approximate surface area is 112 Å². The van der Waals surface area contributed by atoms with Crippen LogP contribution in [-0.2, 0) is 0 Å². The van der Waals surface area contributed by atoms with Gasteiger partial charge in [0.05, 0.1) is 6.04 Å². The van der Waals surface area contributed by atoms with Crippen LogP contribution in [0.2, 0.25) is 0 Å². The Morgan fingerprint density at radius 3 is 2.63 bits per heavy atom. The largest absolute Gasteiger partial charge is 0.399 e. The summed E-state index contributed by atoms with van der Waals surface area (Å²) >= 11 is 0. The van der Waals surface area contributed by atoms with Crippen LogP contribution in [0.1, 0.15) is 24.4 Å². The van der Waals surface area contributed by atoms with Gasteiger partial charge < -0.3 is 10.6 Å². The first kappa shape index (κ1) is 12.0. The summed E-state index contributed by atoms with van der Waals surface area (Å²) in [4.78, 5) is 2.27. The number of nitrogens with zero attached hydrogens (tertiary/aromatic N) is 1. The lowest BCUT2D eigenvalue weighted by atomic mass is 10.0. The molecule has 2 aromatic carbocycles. The first-order valence-corrected chi connectivity index (χ1v) is 6.62. The van der Waals surface area contributed by atoms with Crippen LogP contribution in [-0.4, -0.2) is 6.54 Å². The van der Waals surface area contributed by atoms with Gasteiger partial charge in [-0.25, -0.2) is 4.39 Å². The molecule has 0 radical (unpaired) electrons. The minimum atomic E-state index is -0.180. The number of hydrogen-bond donors (Lipinski definition) is 1. The second-order valence-corrected chi connectivity index (χ2v) is 5.00. The molecule has 1 aliphatic heterocycles. The fourth-order valence-corrected chi connectivity index (χ4v) is 2.80. The molecular weight excluding hydrogens is 239 g/mol. The van der Waals surface area contributed by atoms with E-state index in [1.165, 1.54) is 11.6 Å². The Balaban J connectivity index is 1.91. The highest BCUT2D eigenvalue weighted by Crippen LogP contribution is 2.36. The Morgan fingerprint density at radius 2 is 1.89 bits per heavy atom. The first-order valence-electron chi connectivity index (χ1n) is 6.62.